The molecule has 116 valence electrons. The first-order valence-electron chi connectivity index (χ1n) is 6.88. The Labute approximate surface area is 122 Å². The van der Waals surface area contributed by atoms with Crippen molar-refractivity contribution in [3.05, 3.63) is 18.2 Å². The van der Waals surface area contributed by atoms with Crippen molar-refractivity contribution in [2.75, 3.05) is 13.7 Å². The SMILES string of the molecule is CCC(NC(=O)N1CC(OC)CC1C(=O)O)c1ncc[nH]1. The van der Waals surface area contributed by atoms with E-state index >= 15 is 0 Å². The molecule has 1 aliphatic rings. The predicted octanol–water partition coefficient (Wildman–Crippen LogP) is 0.744. The van der Waals surface area contributed by atoms with Gasteiger partial charge in [0, 0.05) is 32.5 Å². The van der Waals surface area contributed by atoms with Crippen molar-refractivity contribution < 1.29 is 19.4 Å². The molecule has 1 aromatic heterocycles. The average Bonchev–Trinajstić information content (AvgIpc) is 3.13. The number of imidazole rings is 1. The van der Waals surface area contributed by atoms with Gasteiger partial charge in [-0.05, 0) is 6.42 Å². The number of methoxy groups -OCH3 is 1. The van der Waals surface area contributed by atoms with E-state index < -0.39 is 18.0 Å². The highest BCUT2D eigenvalue weighted by Gasteiger charge is 2.40. The van der Waals surface area contributed by atoms with Gasteiger partial charge in [-0.25, -0.2) is 14.6 Å². The fraction of sp³-hybridized carbons (Fsp3) is 0.615. The van der Waals surface area contributed by atoms with Gasteiger partial charge in [0.05, 0.1) is 12.1 Å². The summed E-state index contributed by atoms with van der Waals surface area (Å²) in [5, 5.41) is 12.0. The van der Waals surface area contributed by atoms with Crippen molar-refractivity contribution in [3.8, 4) is 0 Å². The van der Waals surface area contributed by atoms with E-state index in [0.717, 1.165) is 0 Å². The summed E-state index contributed by atoms with van der Waals surface area (Å²) in [7, 11) is 1.52. The van der Waals surface area contributed by atoms with Crippen LogP contribution in [-0.2, 0) is 9.53 Å². The van der Waals surface area contributed by atoms with Gasteiger partial charge in [-0.3, -0.25) is 0 Å². The van der Waals surface area contributed by atoms with E-state index in [1.807, 2.05) is 6.92 Å². The first-order valence-corrected chi connectivity index (χ1v) is 6.88. The third-order valence-corrected chi connectivity index (χ3v) is 3.70. The van der Waals surface area contributed by atoms with Crippen molar-refractivity contribution in [3.63, 3.8) is 0 Å². The van der Waals surface area contributed by atoms with Crippen LogP contribution in [0.2, 0.25) is 0 Å². The van der Waals surface area contributed by atoms with Crippen molar-refractivity contribution in [1.29, 1.82) is 0 Å². The van der Waals surface area contributed by atoms with Crippen LogP contribution < -0.4 is 5.32 Å². The Morgan fingerprint density at radius 3 is 2.95 bits per heavy atom. The number of nitrogens with zero attached hydrogens (tertiary/aromatic N) is 2. The number of carboxylic acids is 1. The number of aromatic amines is 1. The average molecular weight is 296 g/mol. The summed E-state index contributed by atoms with van der Waals surface area (Å²) < 4.78 is 5.17. The molecule has 8 heteroatoms. The summed E-state index contributed by atoms with van der Waals surface area (Å²) in [5.41, 5.74) is 0. The van der Waals surface area contributed by atoms with Crippen LogP contribution in [0.15, 0.2) is 12.4 Å². The van der Waals surface area contributed by atoms with Crippen LogP contribution in [0.25, 0.3) is 0 Å². The molecule has 0 radical (unpaired) electrons. The Kier molecular flexibility index (Phi) is 4.79. The lowest BCUT2D eigenvalue weighted by Gasteiger charge is -2.24. The molecule has 2 heterocycles. The van der Waals surface area contributed by atoms with Crippen molar-refractivity contribution in [2.24, 2.45) is 0 Å². The second-order valence-corrected chi connectivity index (χ2v) is 4.98. The number of carboxylic acid groups (broad SMARTS) is 1. The second-order valence-electron chi connectivity index (χ2n) is 4.98. The molecule has 0 saturated carbocycles. The van der Waals surface area contributed by atoms with Gasteiger partial charge in [-0.1, -0.05) is 6.92 Å². The summed E-state index contributed by atoms with van der Waals surface area (Å²) >= 11 is 0. The van der Waals surface area contributed by atoms with E-state index in [4.69, 9.17) is 4.74 Å². The quantitative estimate of drug-likeness (QED) is 0.743. The molecule has 0 aliphatic carbocycles. The number of amides is 2. The molecule has 1 aliphatic heterocycles. The molecule has 8 nitrogen and oxygen atoms in total. The molecule has 1 aromatic rings. The highest BCUT2D eigenvalue weighted by atomic mass is 16.5. The number of aromatic nitrogens is 2. The first kappa shape index (κ1) is 15.3. The third-order valence-electron chi connectivity index (χ3n) is 3.70. The minimum absolute atomic E-state index is 0.250. The molecule has 1 saturated heterocycles. The normalized spacial score (nSPS) is 23.0. The number of H-pyrrole nitrogens is 1. The third kappa shape index (κ3) is 3.33. The summed E-state index contributed by atoms with van der Waals surface area (Å²) in [6.45, 7) is 2.19. The molecule has 0 spiro atoms. The Bertz CT molecular complexity index is 490. The predicted molar refractivity (Wildman–Crippen MR) is 73.7 cm³/mol. The van der Waals surface area contributed by atoms with Crippen LogP contribution >= 0.6 is 0 Å². The lowest BCUT2D eigenvalue weighted by molar-refractivity contribution is -0.141. The van der Waals surface area contributed by atoms with Crippen LogP contribution in [0.5, 0.6) is 0 Å². The number of rotatable bonds is 5. The summed E-state index contributed by atoms with van der Waals surface area (Å²) in [6, 6.07) is -1.54. The number of hydrogen-bond donors (Lipinski definition) is 3. The Morgan fingerprint density at radius 1 is 1.67 bits per heavy atom. The molecular formula is C13H20N4O4. The number of hydrogen-bond acceptors (Lipinski definition) is 4. The fourth-order valence-corrected chi connectivity index (χ4v) is 2.49. The van der Waals surface area contributed by atoms with E-state index in [2.05, 4.69) is 15.3 Å². The van der Waals surface area contributed by atoms with Gasteiger partial charge in [0.25, 0.3) is 0 Å². The molecule has 21 heavy (non-hydrogen) atoms. The number of aliphatic carboxylic acids is 1. The van der Waals surface area contributed by atoms with Crippen molar-refractivity contribution >= 4 is 12.0 Å². The van der Waals surface area contributed by atoms with Gasteiger partial charge >= 0.3 is 12.0 Å². The van der Waals surface area contributed by atoms with Gasteiger partial charge in [0.1, 0.15) is 11.9 Å². The van der Waals surface area contributed by atoms with Gasteiger partial charge in [0.15, 0.2) is 0 Å². The molecule has 0 aromatic carbocycles. The maximum absolute atomic E-state index is 12.3. The van der Waals surface area contributed by atoms with Crippen LogP contribution in [0.3, 0.4) is 0 Å². The molecule has 3 N–H and O–H groups in total. The molecular weight excluding hydrogens is 276 g/mol. The zero-order valence-electron chi connectivity index (χ0n) is 12.1. The van der Waals surface area contributed by atoms with Crippen molar-refractivity contribution in [1.82, 2.24) is 20.2 Å². The lowest BCUT2D eigenvalue weighted by atomic mass is 10.2. The van der Waals surface area contributed by atoms with E-state index in [1.54, 1.807) is 12.4 Å². The monoisotopic (exact) mass is 296 g/mol. The summed E-state index contributed by atoms with van der Waals surface area (Å²) in [4.78, 5) is 32.0. The fourth-order valence-electron chi connectivity index (χ4n) is 2.49. The van der Waals surface area contributed by atoms with E-state index in [9.17, 15) is 14.7 Å². The van der Waals surface area contributed by atoms with E-state index in [0.29, 0.717) is 18.7 Å². The van der Waals surface area contributed by atoms with Crippen LogP contribution in [0.4, 0.5) is 4.79 Å². The number of likely N-dealkylation sites (tertiary alicyclic amines) is 1. The van der Waals surface area contributed by atoms with Gasteiger partial charge in [-0.2, -0.15) is 0 Å². The number of urea groups is 1. The molecule has 2 rings (SSSR count). The van der Waals surface area contributed by atoms with Gasteiger partial charge < -0.3 is 25.0 Å². The van der Waals surface area contributed by atoms with Gasteiger partial charge in [0.2, 0.25) is 0 Å². The first-order chi connectivity index (χ1) is 10.1. The number of ether oxygens (including phenoxy) is 1. The molecule has 3 atom stereocenters. The minimum atomic E-state index is -1.02. The number of nitrogens with one attached hydrogen (secondary N) is 2. The van der Waals surface area contributed by atoms with Crippen LogP contribution in [-0.4, -0.2) is 57.8 Å². The molecule has 2 amide bonds. The number of carbonyl (C=O) groups is 2. The lowest BCUT2D eigenvalue weighted by Crippen LogP contribution is -2.47. The number of carbonyl (C=O) groups excluding carboxylic acids is 1. The Balaban J connectivity index is 2.06. The maximum atomic E-state index is 12.3. The minimum Gasteiger partial charge on any atom is -0.480 e. The zero-order valence-corrected chi connectivity index (χ0v) is 12.1. The van der Waals surface area contributed by atoms with Crippen molar-refractivity contribution in [2.45, 2.75) is 38.0 Å². The van der Waals surface area contributed by atoms with E-state index in [1.165, 1.54) is 12.0 Å². The Hall–Kier alpha value is -2.09. The van der Waals surface area contributed by atoms with Crippen LogP contribution in [0.1, 0.15) is 31.6 Å². The molecule has 3 unspecified atom stereocenters. The standard InChI is InChI=1S/C13H20N4O4/c1-3-9(11-14-4-5-15-11)16-13(20)17-7-8(21-2)6-10(17)12(18)19/h4-5,8-10H,3,6-7H2,1-2H3,(H,14,15)(H,16,20)(H,18,19). The topological polar surface area (TPSA) is 108 Å². The molecule has 1 fully saturated rings. The van der Waals surface area contributed by atoms with E-state index in [-0.39, 0.29) is 18.7 Å². The van der Waals surface area contributed by atoms with Crippen LogP contribution in [0, 0.1) is 0 Å². The highest BCUT2D eigenvalue weighted by Crippen LogP contribution is 2.21. The molecule has 0 bridgehead atoms. The largest absolute Gasteiger partial charge is 0.480 e. The van der Waals surface area contributed by atoms with Gasteiger partial charge in [-0.15, -0.1) is 0 Å². The zero-order chi connectivity index (χ0) is 15.4. The maximum Gasteiger partial charge on any atom is 0.326 e. The summed E-state index contributed by atoms with van der Waals surface area (Å²) in [5.74, 6) is -0.365. The second kappa shape index (κ2) is 6.57. The smallest absolute Gasteiger partial charge is 0.326 e. The Morgan fingerprint density at radius 2 is 2.43 bits per heavy atom. The highest BCUT2D eigenvalue weighted by molar-refractivity contribution is 5.83. The summed E-state index contributed by atoms with van der Waals surface area (Å²) in [6.07, 6.45) is 4.00.